The maximum Gasteiger partial charge on any atom is 0.335 e. The second-order valence-electron chi connectivity index (χ2n) is 8.67. The molecule has 0 aliphatic rings. The van der Waals surface area contributed by atoms with Crippen molar-refractivity contribution in [1.29, 1.82) is 0 Å². The van der Waals surface area contributed by atoms with E-state index in [4.69, 9.17) is 5.11 Å². The molecule has 0 bridgehead atoms. The molecule has 0 aliphatic carbocycles. The molecule has 0 aliphatic heterocycles. The summed E-state index contributed by atoms with van der Waals surface area (Å²) < 4.78 is 57.5. The summed E-state index contributed by atoms with van der Waals surface area (Å²) >= 11 is 0. The van der Waals surface area contributed by atoms with Gasteiger partial charge >= 0.3 is 5.97 Å². The number of carboxylic acid groups (broad SMARTS) is 1. The second-order valence-corrected chi connectivity index (χ2v) is 10.5. The van der Waals surface area contributed by atoms with Crippen LogP contribution in [0, 0.1) is 11.6 Å². The smallest absolute Gasteiger partial charge is 0.335 e. The van der Waals surface area contributed by atoms with E-state index in [1.54, 1.807) is 36.4 Å². The van der Waals surface area contributed by atoms with E-state index in [0.29, 0.717) is 30.5 Å². The van der Waals surface area contributed by atoms with Gasteiger partial charge in [0, 0.05) is 6.54 Å². The Morgan fingerprint density at radius 3 is 2.11 bits per heavy atom. The first-order valence-corrected chi connectivity index (χ1v) is 13.6. The molecule has 5 nitrogen and oxygen atoms in total. The van der Waals surface area contributed by atoms with Crippen LogP contribution in [0.1, 0.15) is 60.5 Å². The Balaban J connectivity index is 1.93. The summed E-state index contributed by atoms with van der Waals surface area (Å²) in [5.41, 5.74) is 2.18. The Hall–Kier alpha value is -3.26. The number of aromatic carboxylic acids is 1. The normalized spacial score (nSPS) is 11.4. The topological polar surface area (TPSA) is 74.7 Å². The monoisotopic (exact) mass is 515 g/mol. The standard InChI is InChI=1S/C28H31F2NO4S/c1-2-3-4-5-8-20-31(36(34,35)27-24(29)11-9-12-25(27)30)26-13-7-6-10-22(26)17-14-21-15-18-23(19-16-21)28(32)33/h6-7,9-13,15-16,18-19H,2-5,8,14,17,20H2,1H3,(H,32,33). The van der Waals surface area contributed by atoms with Crippen LogP contribution in [0.4, 0.5) is 14.5 Å². The number of halogens is 2. The highest BCUT2D eigenvalue weighted by molar-refractivity contribution is 7.92. The van der Waals surface area contributed by atoms with E-state index < -0.39 is 32.5 Å². The van der Waals surface area contributed by atoms with Crippen LogP contribution in [0.15, 0.2) is 71.6 Å². The maximum absolute atomic E-state index is 14.6. The zero-order chi connectivity index (χ0) is 26.1. The van der Waals surface area contributed by atoms with Crippen LogP contribution in [0.2, 0.25) is 0 Å². The van der Waals surface area contributed by atoms with Gasteiger partial charge in [-0.05, 0) is 60.7 Å². The van der Waals surface area contributed by atoms with Gasteiger partial charge in [0.05, 0.1) is 11.3 Å². The van der Waals surface area contributed by atoms with Crippen molar-refractivity contribution in [2.75, 3.05) is 10.8 Å². The van der Waals surface area contributed by atoms with Crippen LogP contribution >= 0.6 is 0 Å². The minimum Gasteiger partial charge on any atom is -0.478 e. The van der Waals surface area contributed by atoms with E-state index in [2.05, 4.69) is 6.92 Å². The van der Waals surface area contributed by atoms with E-state index in [1.807, 2.05) is 0 Å². The van der Waals surface area contributed by atoms with Crippen LogP contribution in [-0.4, -0.2) is 26.0 Å². The number of unbranched alkanes of at least 4 members (excludes halogenated alkanes) is 4. The first-order chi connectivity index (χ1) is 17.3. The zero-order valence-corrected chi connectivity index (χ0v) is 21.1. The first-order valence-electron chi connectivity index (χ1n) is 12.1. The maximum atomic E-state index is 14.6. The van der Waals surface area contributed by atoms with Gasteiger partial charge < -0.3 is 5.11 Å². The van der Waals surface area contributed by atoms with Crippen molar-refractivity contribution in [1.82, 2.24) is 0 Å². The molecular formula is C28H31F2NO4S. The van der Waals surface area contributed by atoms with Gasteiger partial charge in [-0.15, -0.1) is 0 Å². The SMILES string of the molecule is CCCCCCCN(c1ccccc1CCc1ccc(C(=O)O)cc1)S(=O)(=O)c1c(F)cccc1F. The molecule has 36 heavy (non-hydrogen) atoms. The third kappa shape index (κ3) is 6.69. The van der Waals surface area contributed by atoms with Gasteiger partial charge in [0.25, 0.3) is 10.0 Å². The Bertz CT molecular complexity index is 1260. The van der Waals surface area contributed by atoms with E-state index >= 15 is 0 Å². The molecule has 0 saturated carbocycles. The largest absolute Gasteiger partial charge is 0.478 e. The fourth-order valence-electron chi connectivity index (χ4n) is 4.13. The molecule has 0 unspecified atom stereocenters. The molecule has 192 valence electrons. The molecule has 0 radical (unpaired) electrons. The lowest BCUT2D eigenvalue weighted by atomic mass is 10.0. The minimum atomic E-state index is -4.51. The number of hydrogen-bond donors (Lipinski definition) is 1. The lowest BCUT2D eigenvalue weighted by molar-refractivity contribution is 0.0697. The molecule has 0 atom stereocenters. The predicted octanol–water partition coefficient (Wildman–Crippen LogP) is 6.61. The van der Waals surface area contributed by atoms with Crippen molar-refractivity contribution in [3.05, 3.63) is 95.1 Å². The molecule has 0 saturated heterocycles. The van der Waals surface area contributed by atoms with Crippen molar-refractivity contribution < 1.29 is 27.1 Å². The lowest BCUT2D eigenvalue weighted by Gasteiger charge is -2.27. The van der Waals surface area contributed by atoms with E-state index in [-0.39, 0.29) is 12.1 Å². The van der Waals surface area contributed by atoms with E-state index in [0.717, 1.165) is 53.8 Å². The summed E-state index contributed by atoms with van der Waals surface area (Å²) in [6.07, 6.45) is 5.38. The Morgan fingerprint density at radius 1 is 0.833 bits per heavy atom. The van der Waals surface area contributed by atoms with E-state index in [9.17, 15) is 22.0 Å². The average molecular weight is 516 g/mol. The summed E-state index contributed by atoms with van der Waals surface area (Å²) in [5, 5.41) is 9.09. The summed E-state index contributed by atoms with van der Waals surface area (Å²) in [7, 11) is -4.51. The molecule has 0 heterocycles. The summed E-state index contributed by atoms with van der Waals surface area (Å²) in [6.45, 7) is 2.19. The highest BCUT2D eigenvalue weighted by Gasteiger charge is 2.32. The van der Waals surface area contributed by atoms with Crippen LogP contribution in [0.3, 0.4) is 0 Å². The van der Waals surface area contributed by atoms with Crippen LogP contribution in [0.5, 0.6) is 0 Å². The molecule has 0 spiro atoms. The van der Waals surface area contributed by atoms with Gasteiger partial charge in [0.1, 0.15) is 11.6 Å². The van der Waals surface area contributed by atoms with Crippen molar-refractivity contribution in [2.24, 2.45) is 0 Å². The summed E-state index contributed by atoms with van der Waals surface area (Å²) in [5.74, 6) is -3.25. The van der Waals surface area contributed by atoms with Crippen molar-refractivity contribution in [3.63, 3.8) is 0 Å². The molecule has 0 aromatic heterocycles. The van der Waals surface area contributed by atoms with Gasteiger partial charge in [0.15, 0.2) is 4.90 Å². The van der Waals surface area contributed by atoms with Crippen LogP contribution in [-0.2, 0) is 22.9 Å². The Kier molecular flexibility index (Phi) is 9.58. The number of para-hydroxylation sites is 1. The van der Waals surface area contributed by atoms with Gasteiger partial charge in [-0.3, -0.25) is 4.31 Å². The summed E-state index contributed by atoms with van der Waals surface area (Å²) in [6, 6.07) is 16.5. The molecule has 8 heteroatoms. The Morgan fingerprint density at radius 2 is 1.47 bits per heavy atom. The highest BCUT2D eigenvalue weighted by atomic mass is 32.2. The quantitative estimate of drug-likeness (QED) is 0.260. The predicted molar refractivity (Wildman–Crippen MR) is 137 cm³/mol. The van der Waals surface area contributed by atoms with Crippen LogP contribution < -0.4 is 4.31 Å². The second kappa shape index (κ2) is 12.6. The van der Waals surface area contributed by atoms with E-state index in [1.165, 1.54) is 12.1 Å². The minimum absolute atomic E-state index is 0.101. The fraction of sp³-hybridized carbons (Fsp3) is 0.321. The van der Waals surface area contributed by atoms with Crippen molar-refractivity contribution in [3.8, 4) is 0 Å². The molecule has 0 amide bonds. The number of carbonyl (C=O) groups is 1. The molecule has 3 aromatic rings. The fourth-order valence-corrected chi connectivity index (χ4v) is 5.78. The zero-order valence-electron chi connectivity index (χ0n) is 20.3. The van der Waals surface area contributed by atoms with Gasteiger partial charge in [-0.1, -0.05) is 69.0 Å². The molecule has 3 aromatic carbocycles. The number of benzene rings is 3. The number of carboxylic acids is 1. The first kappa shape index (κ1) is 27.3. The van der Waals surface area contributed by atoms with Crippen molar-refractivity contribution >= 4 is 21.7 Å². The lowest BCUT2D eigenvalue weighted by Crippen LogP contribution is -2.34. The number of rotatable bonds is 13. The third-order valence-corrected chi connectivity index (χ3v) is 7.94. The summed E-state index contributed by atoms with van der Waals surface area (Å²) in [4.78, 5) is 10.2. The molecule has 3 rings (SSSR count). The van der Waals surface area contributed by atoms with Gasteiger partial charge in [0.2, 0.25) is 0 Å². The molecule has 0 fully saturated rings. The number of hydrogen-bond acceptors (Lipinski definition) is 3. The highest BCUT2D eigenvalue weighted by Crippen LogP contribution is 2.31. The molecular weight excluding hydrogens is 484 g/mol. The number of nitrogens with zero attached hydrogens (tertiary/aromatic N) is 1. The average Bonchev–Trinajstić information content (AvgIpc) is 2.85. The van der Waals surface area contributed by atoms with Gasteiger partial charge in [-0.25, -0.2) is 22.0 Å². The number of sulfonamides is 1. The number of aryl methyl sites for hydroxylation is 2. The Labute approximate surface area is 211 Å². The van der Waals surface area contributed by atoms with Gasteiger partial charge in [-0.2, -0.15) is 0 Å². The third-order valence-electron chi connectivity index (χ3n) is 6.08. The number of anilines is 1. The van der Waals surface area contributed by atoms with Crippen molar-refractivity contribution in [2.45, 2.75) is 56.8 Å². The van der Waals surface area contributed by atoms with Crippen LogP contribution in [0.25, 0.3) is 0 Å². The molecule has 1 N–H and O–H groups in total.